The fourth-order valence-corrected chi connectivity index (χ4v) is 6.45. The summed E-state index contributed by atoms with van der Waals surface area (Å²) in [7, 11) is 0. The number of fused-ring (bicyclic) bond motifs is 1. The number of likely N-dealkylation sites (tertiary alicyclic amines) is 1. The van der Waals surface area contributed by atoms with E-state index in [1.165, 1.54) is 0 Å². The Kier molecular flexibility index (Phi) is 9.02. The first-order chi connectivity index (χ1) is 21.0. The van der Waals surface area contributed by atoms with E-state index in [9.17, 15) is 9.18 Å². The second kappa shape index (κ2) is 13.2. The van der Waals surface area contributed by atoms with Crippen molar-refractivity contribution >= 4 is 46.2 Å². The van der Waals surface area contributed by atoms with Crippen molar-refractivity contribution in [3.8, 4) is 5.75 Å². The number of carbonyl (C=O) groups is 1. The first-order valence-corrected chi connectivity index (χ1v) is 15.2. The molecule has 8 nitrogen and oxygen atoms in total. The summed E-state index contributed by atoms with van der Waals surface area (Å²) < 4.78 is 18.9. The van der Waals surface area contributed by atoms with Gasteiger partial charge in [-0.1, -0.05) is 52.6 Å². The fraction of sp³-hybridized carbons (Fsp3) is 0.312. The maximum absolute atomic E-state index is 12.9. The third-order valence-electron chi connectivity index (χ3n) is 7.92. The monoisotopic (exact) mass is 620 g/mol. The van der Waals surface area contributed by atoms with Crippen molar-refractivity contribution in [3.05, 3.63) is 98.5 Å². The number of amides is 1. The highest BCUT2D eigenvalue weighted by Gasteiger charge is 2.25. The number of rotatable bonds is 9. The molecule has 4 aromatic rings. The van der Waals surface area contributed by atoms with Crippen LogP contribution in [0, 0.1) is 0 Å². The third-order valence-corrected chi connectivity index (χ3v) is 8.47. The molecule has 1 amide bonds. The Labute approximate surface area is 259 Å². The molecule has 0 saturated carbocycles. The van der Waals surface area contributed by atoms with Crippen LogP contribution in [0.4, 0.5) is 10.3 Å². The van der Waals surface area contributed by atoms with E-state index in [2.05, 4.69) is 43.0 Å². The smallest absolute Gasteiger partial charge is 0.270 e. The zero-order chi connectivity index (χ0) is 29.8. The highest BCUT2D eigenvalue weighted by Crippen LogP contribution is 2.42. The van der Waals surface area contributed by atoms with E-state index in [4.69, 9.17) is 27.9 Å². The molecule has 3 aromatic carbocycles. The van der Waals surface area contributed by atoms with E-state index in [0.29, 0.717) is 22.0 Å². The molecular formula is C32H31Cl2FN6O2. The maximum atomic E-state index is 12.9. The quantitative estimate of drug-likeness (QED) is 0.212. The van der Waals surface area contributed by atoms with Gasteiger partial charge in [-0.25, -0.2) is 0 Å². The standard InChI is InChI=1S/C32H31Cl2FN6O2/c33-23-8-12-27(29(34)18-23)28-4-1-3-21-17-22(31(42)36-32-37-39-40-38-32)7-11-26(21)30(28)20-5-9-24(10-6-20)43-25-13-16-41(19-25)15-2-14-35/h5-12,17-18,25H,1-4,13-16,19H2,(H2,36,37,38,39,40,42)/t25-/m0/s1. The Bertz CT molecular complexity index is 1630. The maximum Gasteiger partial charge on any atom is 0.270 e. The van der Waals surface area contributed by atoms with Gasteiger partial charge in [-0.3, -0.25) is 19.4 Å². The molecular weight excluding hydrogens is 590 g/mol. The summed E-state index contributed by atoms with van der Waals surface area (Å²) in [5.41, 5.74) is 6.77. The lowest BCUT2D eigenvalue weighted by Crippen LogP contribution is -2.26. The molecule has 11 heteroatoms. The van der Waals surface area contributed by atoms with E-state index in [1.54, 1.807) is 6.07 Å². The van der Waals surface area contributed by atoms with Crippen molar-refractivity contribution < 1.29 is 13.9 Å². The summed E-state index contributed by atoms with van der Waals surface area (Å²) in [5.74, 6) is 0.610. The number of benzene rings is 3. The normalized spacial score (nSPS) is 17.0. The van der Waals surface area contributed by atoms with Crippen molar-refractivity contribution in [2.45, 2.75) is 38.2 Å². The van der Waals surface area contributed by atoms with Gasteiger partial charge in [0.25, 0.3) is 11.9 Å². The van der Waals surface area contributed by atoms with Crippen LogP contribution >= 0.6 is 23.2 Å². The van der Waals surface area contributed by atoms with Gasteiger partial charge in [-0.15, -0.1) is 5.10 Å². The zero-order valence-corrected chi connectivity index (χ0v) is 25.0. The highest BCUT2D eigenvalue weighted by atomic mass is 35.5. The number of ether oxygens (including phenoxy) is 1. The van der Waals surface area contributed by atoms with Crippen molar-refractivity contribution in [1.82, 2.24) is 25.5 Å². The molecule has 43 heavy (non-hydrogen) atoms. The van der Waals surface area contributed by atoms with Gasteiger partial charge in [0.15, 0.2) is 0 Å². The summed E-state index contributed by atoms with van der Waals surface area (Å²) >= 11 is 13.0. The molecule has 0 spiro atoms. The first kappa shape index (κ1) is 29.3. The van der Waals surface area contributed by atoms with Crippen LogP contribution in [-0.4, -0.2) is 63.8 Å². The lowest BCUT2D eigenvalue weighted by molar-refractivity contribution is 0.102. The van der Waals surface area contributed by atoms with Gasteiger partial charge in [-0.2, -0.15) is 5.21 Å². The molecule has 0 radical (unpaired) electrons. The molecule has 2 heterocycles. The molecule has 1 saturated heterocycles. The molecule has 2 N–H and O–H groups in total. The minimum Gasteiger partial charge on any atom is -0.489 e. The van der Waals surface area contributed by atoms with Crippen LogP contribution in [0.15, 0.2) is 60.7 Å². The molecule has 0 bridgehead atoms. The van der Waals surface area contributed by atoms with E-state index in [0.717, 1.165) is 84.5 Å². The Balaban J connectivity index is 1.34. The van der Waals surface area contributed by atoms with E-state index >= 15 is 0 Å². The molecule has 1 aliphatic heterocycles. The van der Waals surface area contributed by atoms with Gasteiger partial charge in [0.2, 0.25) is 0 Å². The van der Waals surface area contributed by atoms with Crippen LogP contribution in [-0.2, 0) is 6.42 Å². The average molecular weight is 622 g/mol. The van der Waals surface area contributed by atoms with Crippen LogP contribution in [0.1, 0.15) is 58.3 Å². The summed E-state index contributed by atoms with van der Waals surface area (Å²) in [6.07, 6.45) is 4.03. The summed E-state index contributed by atoms with van der Waals surface area (Å²) in [6, 6.07) is 19.5. The zero-order valence-electron chi connectivity index (χ0n) is 23.5. The molecule has 6 rings (SSSR count). The van der Waals surface area contributed by atoms with Gasteiger partial charge in [0, 0.05) is 35.2 Å². The summed E-state index contributed by atoms with van der Waals surface area (Å²) in [5, 5.41) is 17.3. The Morgan fingerprint density at radius 1 is 1.07 bits per heavy atom. The molecule has 1 atom stereocenters. The molecule has 222 valence electrons. The summed E-state index contributed by atoms with van der Waals surface area (Å²) in [4.78, 5) is 15.2. The lowest BCUT2D eigenvalue weighted by atomic mass is 9.87. The second-order valence-electron chi connectivity index (χ2n) is 10.8. The van der Waals surface area contributed by atoms with E-state index in [-0.39, 0.29) is 24.6 Å². The second-order valence-corrected chi connectivity index (χ2v) is 11.6. The number of tetrazole rings is 1. The predicted octanol–water partition coefficient (Wildman–Crippen LogP) is 6.87. The molecule has 1 aliphatic carbocycles. The number of halogens is 3. The Hall–Kier alpha value is -3.79. The van der Waals surface area contributed by atoms with Crippen LogP contribution in [0.5, 0.6) is 5.75 Å². The van der Waals surface area contributed by atoms with Crippen molar-refractivity contribution in [3.63, 3.8) is 0 Å². The lowest BCUT2D eigenvalue weighted by Gasteiger charge is -2.19. The van der Waals surface area contributed by atoms with Gasteiger partial charge in [0.1, 0.15) is 11.9 Å². The largest absolute Gasteiger partial charge is 0.489 e. The Morgan fingerprint density at radius 2 is 1.91 bits per heavy atom. The number of hydrogen-bond donors (Lipinski definition) is 2. The number of aryl methyl sites for hydroxylation is 1. The van der Waals surface area contributed by atoms with Crippen molar-refractivity contribution in [2.75, 3.05) is 31.6 Å². The third kappa shape index (κ3) is 6.74. The van der Waals surface area contributed by atoms with Crippen LogP contribution in [0.2, 0.25) is 10.0 Å². The van der Waals surface area contributed by atoms with E-state index < -0.39 is 0 Å². The summed E-state index contributed by atoms with van der Waals surface area (Å²) in [6.45, 7) is 2.20. The number of carbonyl (C=O) groups excluding carboxylic acids is 1. The minimum atomic E-state index is -0.309. The number of allylic oxidation sites excluding steroid dienone is 1. The number of aromatic amines is 1. The van der Waals surface area contributed by atoms with Gasteiger partial charge in [0.05, 0.1) is 6.67 Å². The van der Waals surface area contributed by atoms with Gasteiger partial charge < -0.3 is 4.74 Å². The average Bonchev–Trinajstić information content (AvgIpc) is 3.65. The highest BCUT2D eigenvalue weighted by molar-refractivity contribution is 6.36. The number of nitrogens with zero attached hydrogens (tertiary/aromatic N) is 4. The minimum absolute atomic E-state index is 0.0868. The predicted molar refractivity (Wildman–Crippen MR) is 166 cm³/mol. The number of anilines is 1. The van der Waals surface area contributed by atoms with Gasteiger partial charge in [-0.05, 0) is 107 Å². The number of nitrogens with one attached hydrogen (secondary N) is 2. The molecule has 1 aromatic heterocycles. The molecule has 2 aliphatic rings. The number of alkyl halides is 1. The Morgan fingerprint density at radius 3 is 2.67 bits per heavy atom. The van der Waals surface area contributed by atoms with Crippen molar-refractivity contribution in [1.29, 1.82) is 0 Å². The fourth-order valence-electron chi connectivity index (χ4n) is 5.92. The number of aromatic nitrogens is 4. The van der Waals surface area contributed by atoms with Crippen LogP contribution in [0.3, 0.4) is 0 Å². The van der Waals surface area contributed by atoms with Crippen LogP contribution < -0.4 is 10.1 Å². The number of H-pyrrole nitrogens is 1. The number of hydrogen-bond acceptors (Lipinski definition) is 6. The van der Waals surface area contributed by atoms with Gasteiger partial charge >= 0.3 is 0 Å². The molecule has 0 unspecified atom stereocenters. The first-order valence-electron chi connectivity index (χ1n) is 14.4. The SMILES string of the molecule is O=C(Nc1nn[nH]n1)c1ccc2c(c1)CCCC(c1ccc(Cl)cc1Cl)=C2c1ccc(O[C@H]2CCN(CCCF)C2)cc1. The van der Waals surface area contributed by atoms with Crippen molar-refractivity contribution in [2.24, 2.45) is 0 Å². The van der Waals surface area contributed by atoms with Crippen LogP contribution in [0.25, 0.3) is 11.1 Å². The molecule has 1 fully saturated rings. The topological polar surface area (TPSA) is 96.0 Å². The van der Waals surface area contributed by atoms with E-state index in [1.807, 2.05) is 42.5 Å².